The van der Waals surface area contributed by atoms with Crippen molar-refractivity contribution < 1.29 is 22.6 Å². The van der Waals surface area contributed by atoms with Crippen LogP contribution >= 0.6 is 0 Å². The first-order chi connectivity index (χ1) is 15.2. The maximum Gasteiger partial charge on any atom is 0.433 e. The molecule has 1 aliphatic heterocycles. The third kappa shape index (κ3) is 4.21. The van der Waals surface area contributed by atoms with Crippen LogP contribution in [0.15, 0.2) is 24.3 Å². The molecule has 0 saturated carbocycles. The number of anilines is 2. The molecule has 1 aromatic carbocycles. The van der Waals surface area contributed by atoms with E-state index in [1.165, 1.54) is 0 Å². The summed E-state index contributed by atoms with van der Waals surface area (Å²) in [5, 5.41) is 0.970. The van der Waals surface area contributed by atoms with Crippen LogP contribution in [0.2, 0.25) is 0 Å². The van der Waals surface area contributed by atoms with Gasteiger partial charge in [-0.1, -0.05) is 0 Å². The highest BCUT2D eigenvalue weighted by Gasteiger charge is 2.34. The number of piperazine rings is 1. The fraction of sp³-hybridized carbons (Fsp3) is 0.409. The maximum atomic E-state index is 13.1. The average molecular weight is 447 g/mol. The normalized spacial score (nSPS) is 14.7. The standard InChI is InChI=1S/C22H24F3N5O2/c1-13-9-20(27-16-12-18(32-4)17(31-3)11-15(13)16)29-5-7-30(8-6-29)21-26-14(2)10-19(28-21)22(23,24)25/h9-12H,5-8H2,1-4H3. The van der Waals surface area contributed by atoms with E-state index in [0.717, 1.165) is 28.4 Å². The van der Waals surface area contributed by atoms with Crippen molar-refractivity contribution in [2.75, 3.05) is 50.2 Å². The van der Waals surface area contributed by atoms with Crippen LogP contribution in [0.25, 0.3) is 10.9 Å². The lowest BCUT2D eigenvalue weighted by Crippen LogP contribution is -2.47. The summed E-state index contributed by atoms with van der Waals surface area (Å²) >= 11 is 0. The summed E-state index contributed by atoms with van der Waals surface area (Å²) in [4.78, 5) is 16.6. The molecule has 0 amide bonds. The van der Waals surface area contributed by atoms with Gasteiger partial charge in [-0.25, -0.2) is 15.0 Å². The molecule has 2 aromatic heterocycles. The second kappa shape index (κ2) is 8.33. The molecule has 4 rings (SSSR count). The zero-order valence-corrected chi connectivity index (χ0v) is 18.3. The second-order valence-electron chi connectivity index (χ2n) is 7.69. The summed E-state index contributed by atoms with van der Waals surface area (Å²) in [7, 11) is 3.17. The Morgan fingerprint density at radius 3 is 2.06 bits per heavy atom. The summed E-state index contributed by atoms with van der Waals surface area (Å²) in [6, 6.07) is 6.73. The van der Waals surface area contributed by atoms with Gasteiger partial charge >= 0.3 is 6.18 Å². The Labute approximate surface area is 183 Å². The summed E-state index contributed by atoms with van der Waals surface area (Å²) in [5.41, 5.74) is 1.21. The zero-order chi connectivity index (χ0) is 23.0. The highest BCUT2D eigenvalue weighted by atomic mass is 19.4. The maximum absolute atomic E-state index is 13.1. The predicted octanol–water partition coefficient (Wildman–Crippen LogP) is 4.00. The number of aryl methyl sites for hydroxylation is 2. The van der Waals surface area contributed by atoms with E-state index in [4.69, 9.17) is 14.5 Å². The van der Waals surface area contributed by atoms with Crippen molar-refractivity contribution in [3.05, 3.63) is 41.2 Å². The molecule has 0 N–H and O–H groups in total. The Morgan fingerprint density at radius 2 is 1.44 bits per heavy atom. The van der Waals surface area contributed by atoms with Gasteiger partial charge in [0.1, 0.15) is 11.5 Å². The van der Waals surface area contributed by atoms with Gasteiger partial charge in [0.05, 0.1) is 19.7 Å². The fourth-order valence-electron chi connectivity index (χ4n) is 3.84. The molecule has 0 atom stereocenters. The third-order valence-corrected chi connectivity index (χ3v) is 5.53. The van der Waals surface area contributed by atoms with Gasteiger partial charge in [-0.3, -0.25) is 0 Å². The number of halogens is 3. The molecule has 0 spiro atoms. The topological polar surface area (TPSA) is 63.6 Å². The molecular formula is C22H24F3N5O2. The van der Waals surface area contributed by atoms with E-state index in [1.54, 1.807) is 26.0 Å². The van der Waals surface area contributed by atoms with Crippen molar-refractivity contribution in [2.45, 2.75) is 20.0 Å². The monoisotopic (exact) mass is 447 g/mol. The van der Waals surface area contributed by atoms with Crippen molar-refractivity contribution in [3.63, 3.8) is 0 Å². The molecule has 0 radical (unpaired) electrons. The van der Waals surface area contributed by atoms with E-state index >= 15 is 0 Å². The van der Waals surface area contributed by atoms with Crippen molar-refractivity contribution in [3.8, 4) is 11.5 Å². The molecule has 3 heterocycles. The summed E-state index contributed by atoms with van der Waals surface area (Å²) in [5.74, 6) is 2.16. The summed E-state index contributed by atoms with van der Waals surface area (Å²) < 4.78 is 50.2. The van der Waals surface area contributed by atoms with E-state index < -0.39 is 11.9 Å². The van der Waals surface area contributed by atoms with Crippen molar-refractivity contribution in [1.82, 2.24) is 15.0 Å². The number of benzene rings is 1. The molecule has 1 aliphatic rings. The lowest BCUT2D eigenvalue weighted by molar-refractivity contribution is -0.141. The largest absolute Gasteiger partial charge is 0.493 e. The molecule has 0 bridgehead atoms. The van der Waals surface area contributed by atoms with E-state index in [-0.39, 0.29) is 5.95 Å². The number of rotatable bonds is 4. The number of aromatic nitrogens is 3. The van der Waals surface area contributed by atoms with Gasteiger partial charge in [-0.2, -0.15) is 13.2 Å². The number of alkyl halides is 3. The molecule has 1 fully saturated rings. The first-order valence-corrected chi connectivity index (χ1v) is 10.2. The SMILES string of the molecule is COc1cc2nc(N3CCN(c4nc(C)cc(C(F)(F)F)n4)CC3)cc(C)c2cc1OC. The van der Waals surface area contributed by atoms with Gasteiger partial charge in [0, 0.05) is 43.3 Å². The molecule has 10 heteroatoms. The molecule has 7 nitrogen and oxygen atoms in total. The Bertz CT molecular complexity index is 1140. The van der Waals surface area contributed by atoms with Crippen molar-refractivity contribution in [2.24, 2.45) is 0 Å². The Morgan fingerprint density at radius 1 is 0.812 bits per heavy atom. The van der Waals surface area contributed by atoms with E-state index in [1.807, 2.05) is 25.1 Å². The molecule has 170 valence electrons. The van der Waals surface area contributed by atoms with Gasteiger partial charge in [0.25, 0.3) is 0 Å². The van der Waals surface area contributed by atoms with Gasteiger partial charge in [0.15, 0.2) is 11.5 Å². The fourth-order valence-corrected chi connectivity index (χ4v) is 3.84. The number of nitrogens with zero attached hydrogens (tertiary/aromatic N) is 5. The van der Waals surface area contributed by atoms with Crippen molar-refractivity contribution in [1.29, 1.82) is 0 Å². The molecule has 0 unspecified atom stereocenters. The molecule has 3 aromatic rings. The minimum Gasteiger partial charge on any atom is -0.493 e. The van der Waals surface area contributed by atoms with Gasteiger partial charge in [0.2, 0.25) is 5.95 Å². The first-order valence-electron chi connectivity index (χ1n) is 10.2. The number of fused-ring (bicyclic) bond motifs is 1. The van der Waals surface area contributed by atoms with Gasteiger partial charge in [-0.15, -0.1) is 0 Å². The summed E-state index contributed by atoms with van der Waals surface area (Å²) in [6.07, 6.45) is -4.50. The van der Waals surface area contributed by atoms with Crippen LogP contribution in [0, 0.1) is 13.8 Å². The van der Waals surface area contributed by atoms with Crippen LogP contribution in [0.3, 0.4) is 0 Å². The minimum absolute atomic E-state index is 0.108. The van der Waals surface area contributed by atoms with Crippen LogP contribution < -0.4 is 19.3 Å². The number of pyridine rings is 1. The highest BCUT2D eigenvalue weighted by Crippen LogP contribution is 2.34. The van der Waals surface area contributed by atoms with E-state index in [2.05, 4.69) is 14.9 Å². The molecule has 1 saturated heterocycles. The van der Waals surface area contributed by atoms with Crippen LogP contribution in [-0.4, -0.2) is 55.4 Å². The quantitative estimate of drug-likeness (QED) is 0.599. The lowest BCUT2D eigenvalue weighted by atomic mass is 10.1. The highest BCUT2D eigenvalue weighted by molar-refractivity contribution is 5.87. The smallest absolute Gasteiger partial charge is 0.433 e. The predicted molar refractivity (Wildman–Crippen MR) is 116 cm³/mol. The molecule has 32 heavy (non-hydrogen) atoms. The van der Waals surface area contributed by atoms with Crippen LogP contribution in [0.4, 0.5) is 24.9 Å². The first kappa shape index (κ1) is 21.9. The summed E-state index contributed by atoms with van der Waals surface area (Å²) in [6.45, 7) is 5.71. The second-order valence-corrected chi connectivity index (χ2v) is 7.69. The van der Waals surface area contributed by atoms with Crippen LogP contribution in [0.1, 0.15) is 17.0 Å². The number of methoxy groups -OCH3 is 2. The van der Waals surface area contributed by atoms with Gasteiger partial charge in [-0.05, 0) is 37.6 Å². The van der Waals surface area contributed by atoms with Crippen LogP contribution in [-0.2, 0) is 6.18 Å². The molecular weight excluding hydrogens is 423 g/mol. The Balaban J connectivity index is 1.56. The average Bonchev–Trinajstić information content (AvgIpc) is 2.77. The Hall–Kier alpha value is -3.30. The third-order valence-electron chi connectivity index (χ3n) is 5.53. The van der Waals surface area contributed by atoms with Crippen molar-refractivity contribution >= 4 is 22.7 Å². The lowest BCUT2D eigenvalue weighted by Gasteiger charge is -2.35. The van der Waals surface area contributed by atoms with Gasteiger partial charge < -0.3 is 19.3 Å². The van der Waals surface area contributed by atoms with E-state index in [9.17, 15) is 13.2 Å². The number of ether oxygens (including phenoxy) is 2. The number of hydrogen-bond donors (Lipinski definition) is 0. The van der Waals surface area contributed by atoms with E-state index in [0.29, 0.717) is 43.4 Å². The zero-order valence-electron chi connectivity index (χ0n) is 18.3. The number of hydrogen-bond acceptors (Lipinski definition) is 7. The molecule has 0 aliphatic carbocycles. The van der Waals surface area contributed by atoms with Crippen LogP contribution in [0.5, 0.6) is 11.5 Å². The minimum atomic E-state index is -4.50. The Kier molecular flexibility index (Phi) is 5.70.